The van der Waals surface area contributed by atoms with Crippen LogP contribution in [0.1, 0.15) is 49.3 Å². The summed E-state index contributed by atoms with van der Waals surface area (Å²) in [5.41, 5.74) is 4.63. The number of rotatable bonds is 7. The summed E-state index contributed by atoms with van der Waals surface area (Å²) in [7, 11) is 0. The van der Waals surface area contributed by atoms with E-state index in [-0.39, 0.29) is 24.4 Å². The molecule has 1 atom stereocenters. The first-order chi connectivity index (χ1) is 16.3. The molecule has 1 saturated carbocycles. The maximum Gasteiger partial charge on any atom is 0.251 e. The summed E-state index contributed by atoms with van der Waals surface area (Å²) in [5, 5.41) is 15.7. The van der Waals surface area contributed by atoms with Crippen LogP contribution in [0.25, 0.3) is 11.4 Å². The molecular formula is C26H32N6O2. The van der Waals surface area contributed by atoms with Gasteiger partial charge in [-0.15, -0.1) is 10.2 Å². The van der Waals surface area contributed by atoms with Gasteiger partial charge in [0.1, 0.15) is 12.6 Å². The van der Waals surface area contributed by atoms with Crippen molar-refractivity contribution in [2.45, 2.75) is 72.0 Å². The van der Waals surface area contributed by atoms with Gasteiger partial charge < -0.3 is 5.32 Å². The van der Waals surface area contributed by atoms with Gasteiger partial charge in [0.15, 0.2) is 0 Å². The summed E-state index contributed by atoms with van der Waals surface area (Å²) in [5.74, 6) is 0.0433. The van der Waals surface area contributed by atoms with Crippen LogP contribution >= 0.6 is 0 Å². The van der Waals surface area contributed by atoms with Gasteiger partial charge in [0, 0.05) is 17.3 Å². The minimum absolute atomic E-state index is 0.118. The molecule has 0 unspecified atom stereocenters. The Hall–Kier alpha value is -3.55. The number of carbonyl (C=O) groups excluding carboxylic acids is 2. The van der Waals surface area contributed by atoms with Crippen molar-refractivity contribution in [3.8, 4) is 11.4 Å². The molecule has 178 valence electrons. The molecule has 1 aliphatic carbocycles. The molecule has 1 aromatic heterocycles. The largest absolute Gasteiger partial charge is 0.352 e. The molecule has 0 radical (unpaired) electrons. The van der Waals surface area contributed by atoms with Crippen LogP contribution in [0.5, 0.6) is 0 Å². The summed E-state index contributed by atoms with van der Waals surface area (Å²) >= 11 is 0. The normalized spacial score (nSPS) is 14.7. The zero-order valence-corrected chi connectivity index (χ0v) is 20.3. The van der Waals surface area contributed by atoms with Gasteiger partial charge in [-0.3, -0.25) is 14.5 Å². The standard InChI is InChI=1S/C26H32N6O2/c1-17-10-13-21(14-11-17)25-28-30-31(29-25)16-24(33)32(23-15-18(2)9-12-19(23)3)20(4)26(34)27-22-7-5-6-8-22/h9-15,20,22H,5-8,16H2,1-4H3,(H,27,34)/t20-/m1/s1. The Kier molecular flexibility index (Phi) is 7.05. The fourth-order valence-corrected chi connectivity index (χ4v) is 4.37. The predicted octanol–water partition coefficient (Wildman–Crippen LogP) is 3.75. The van der Waals surface area contributed by atoms with Gasteiger partial charge in [-0.1, -0.05) is 54.8 Å². The SMILES string of the molecule is Cc1ccc(-c2nnn(CC(=O)N(c3cc(C)ccc3C)[C@H](C)C(=O)NC3CCCC3)n2)cc1. The van der Waals surface area contributed by atoms with Crippen LogP contribution in [-0.2, 0) is 16.1 Å². The van der Waals surface area contributed by atoms with Gasteiger partial charge in [0.05, 0.1) is 0 Å². The third-order valence-electron chi connectivity index (χ3n) is 6.40. The Bertz CT molecular complexity index is 1160. The number of hydrogen-bond donors (Lipinski definition) is 1. The summed E-state index contributed by atoms with van der Waals surface area (Å²) in [6, 6.07) is 13.2. The summed E-state index contributed by atoms with van der Waals surface area (Å²) < 4.78 is 0. The smallest absolute Gasteiger partial charge is 0.251 e. The van der Waals surface area contributed by atoms with E-state index in [0.717, 1.165) is 53.6 Å². The molecule has 0 bridgehead atoms. The Morgan fingerprint density at radius 3 is 2.44 bits per heavy atom. The average Bonchev–Trinajstić information content (AvgIpc) is 3.49. The number of carbonyl (C=O) groups is 2. The molecule has 8 nitrogen and oxygen atoms in total. The fraction of sp³-hybridized carbons (Fsp3) is 0.423. The molecule has 8 heteroatoms. The highest BCUT2D eigenvalue weighted by atomic mass is 16.2. The highest BCUT2D eigenvalue weighted by Crippen LogP contribution is 2.25. The van der Waals surface area contributed by atoms with E-state index in [9.17, 15) is 9.59 Å². The molecule has 1 fully saturated rings. The number of anilines is 1. The third-order valence-corrected chi connectivity index (χ3v) is 6.40. The van der Waals surface area contributed by atoms with Gasteiger partial charge in [-0.05, 0) is 62.9 Å². The zero-order valence-electron chi connectivity index (χ0n) is 20.3. The molecule has 1 aliphatic rings. The van der Waals surface area contributed by atoms with Crippen molar-refractivity contribution in [2.24, 2.45) is 0 Å². The van der Waals surface area contributed by atoms with E-state index in [1.54, 1.807) is 11.8 Å². The quantitative estimate of drug-likeness (QED) is 0.580. The first-order valence-corrected chi connectivity index (χ1v) is 11.9. The topological polar surface area (TPSA) is 93.0 Å². The highest BCUT2D eigenvalue weighted by Gasteiger charge is 2.31. The summed E-state index contributed by atoms with van der Waals surface area (Å²) in [4.78, 5) is 29.6. The Morgan fingerprint density at radius 1 is 1.06 bits per heavy atom. The van der Waals surface area contributed by atoms with Crippen LogP contribution in [0.4, 0.5) is 5.69 Å². The average molecular weight is 461 g/mol. The highest BCUT2D eigenvalue weighted by molar-refractivity contribution is 6.01. The van der Waals surface area contributed by atoms with Crippen LogP contribution in [0, 0.1) is 20.8 Å². The van der Waals surface area contributed by atoms with Gasteiger partial charge in [0.25, 0.3) is 5.91 Å². The lowest BCUT2D eigenvalue weighted by Gasteiger charge is -2.31. The molecular weight excluding hydrogens is 428 g/mol. The minimum atomic E-state index is -0.673. The van der Waals surface area contributed by atoms with E-state index in [1.165, 1.54) is 4.80 Å². The van der Waals surface area contributed by atoms with Crippen molar-refractivity contribution in [1.82, 2.24) is 25.5 Å². The van der Waals surface area contributed by atoms with Crippen LogP contribution in [-0.4, -0.2) is 44.1 Å². The number of aromatic nitrogens is 4. The monoisotopic (exact) mass is 460 g/mol. The first-order valence-electron chi connectivity index (χ1n) is 11.9. The Morgan fingerprint density at radius 2 is 1.74 bits per heavy atom. The number of hydrogen-bond acceptors (Lipinski definition) is 5. The van der Waals surface area contributed by atoms with Crippen molar-refractivity contribution in [3.63, 3.8) is 0 Å². The molecule has 1 N–H and O–H groups in total. The van der Waals surface area contributed by atoms with Crippen molar-refractivity contribution >= 4 is 17.5 Å². The summed E-state index contributed by atoms with van der Waals surface area (Å²) in [6.45, 7) is 7.59. The van der Waals surface area contributed by atoms with E-state index in [2.05, 4.69) is 20.7 Å². The van der Waals surface area contributed by atoms with E-state index < -0.39 is 6.04 Å². The maximum atomic E-state index is 13.6. The molecule has 4 rings (SSSR count). The van der Waals surface area contributed by atoms with Gasteiger partial charge >= 0.3 is 0 Å². The number of nitrogens with zero attached hydrogens (tertiary/aromatic N) is 5. The second kappa shape index (κ2) is 10.2. The fourth-order valence-electron chi connectivity index (χ4n) is 4.37. The number of aryl methyl sites for hydroxylation is 3. The molecule has 0 aliphatic heterocycles. The predicted molar refractivity (Wildman–Crippen MR) is 131 cm³/mol. The molecule has 0 saturated heterocycles. The molecule has 2 amide bonds. The lowest BCUT2D eigenvalue weighted by molar-refractivity contribution is -0.127. The Labute approximate surface area is 200 Å². The minimum Gasteiger partial charge on any atom is -0.352 e. The third kappa shape index (κ3) is 5.32. The van der Waals surface area contributed by atoms with Gasteiger partial charge in [-0.25, -0.2) is 0 Å². The van der Waals surface area contributed by atoms with E-state index in [4.69, 9.17) is 0 Å². The number of benzene rings is 2. The maximum absolute atomic E-state index is 13.6. The van der Waals surface area contributed by atoms with Crippen molar-refractivity contribution in [1.29, 1.82) is 0 Å². The lowest BCUT2D eigenvalue weighted by Crippen LogP contribution is -2.51. The molecule has 3 aromatic rings. The van der Waals surface area contributed by atoms with Crippen LogP contribution in [0.3, 0.4) is 0 Å². The molecule has 34 heavy (non-hydrogen) atoms. The second-order valence-corrected chi connectivity index (χ2v) is 9.23. The van der Waals surface area contributed by atoms with Crippen molar-refractivity contribution < 1.29 is 9.59 Å². The second-order valence-electron chi connectivity index (χ2n) is 9.23. The van der Waals surface area contributed by atoms with Crippen LogP contribution in [0.2, 0.25) is 0 Å². The van der Waals surface area contributed by atoms with Crippen LogP contribution < -0.4 is 10.2 Å². The number of nitrogens with one attached hydrogen (secondary N) is 1. The van der Waals surface area contributed by atoms with Gasteiger partial charge in [-0.2, -0.15) is 4.80 Å². The lowest BCUT2D eigenvalue weighted by atomic mass is 10.1. The van der Waals surface area contributed by atoms with Crippen molar-refractivity contribution in [3.05, 3.63) is 59.2 Å². The van der Waals surface area contributed by atoms with Crippen molar-refractivity contribution in [2.75, 3.05) is 4.90 Å². The molecule has 0 spiro atoms. The molecule has 1 heterocycles. The zero-order chi connectivity index (χ0) is 24.2. The van der Waals surface area contributed by atoms with E-state index in [1.807, 2.05) is 63.2 Å². The number of tetrazole rings is 1. The van der Waals surface area contributed by atoms with E-state index in [0.29, 0.717) is 5.82 Å². The van der Waals surface area contributed by atoms with Crippen LogP contribution in [0.15, 0.2) is 42.5 Å². The first kappa shape index (κ1) is 23.6. The van der Waals surface area contributed by atoms with E-state index >= 15 is 0 Å². The van der Waals surface area contributed by atoms with Gasteiger partial charge in [0.2, 0.25) is 11.7 Å². The number of amides is 2. The Balaban J connectivity index is 1.58. The summed E-state index contributed by atoms with van der Waals surface area (Å²) in [6.07, 6.45) is 4.22. The molecule has 2 aromatic carbocycles.